The van der Waals surface area contributed by atoms with E-state index in [4.69, 9.17) is 0 Å². The van der Waals surface area contributed by atoms with Crippen molar-refractivity contribution < 1.29 is 0 Å². The highest BCUT2D eigenvalue weighted by Gasteiger charge is 2.17. The van der Waals surface area contributed by atoms with Crippen LogP contribution in [0.25, 0.3) is 0 Å². The number of nitrogens with one attached hydrogen (secondary N) is 2. The number of aromatic nitrogens is 2. The normalized spacial score (nSPS) is 18.6. The number of rotatable bonds is 3. The van der Waals surface area contributed by atoms with Gasteiger partial charge in [-0.1, -0.05) is 13.8 Å². The van der Waals surface area contributed by atoms with Gasteiger partial charge in [-0.05, 0) is 38.3 Å². The first kappa shape index (κ1) is 10.7. The Morgan fingerprint density at radius 3 is 2.80 bits per heavy atom. The molecule has 2 heterocycles. The summed E-state index contributed by atoms with van der Waals surface area (Å²) < 4.78 is 0. The SMILES string of the molecule is CC(C)Cc1cnc(C2CCNCC2)[nH]1. The van der Waals surface area contributed by atoms with Crippen molar-refractivity contribution >= 4 is 0 Å². The number of nitrogens with zero attached hydrogens (tertiary/aromatic N) is 1. The maximum Gasteiger partial charge on any atom is 0.109 e. The predicted octanol–water partition coefficient (Wildman–Crippen LogP) is 2.08. The minimum absolute atomic E-state index is 0.646. The maximum absolute atomic E-state index is 4.51. The van der Waals surface area contributed by atoms with Gasteiger partial charge in [0.25, 0.3) is 0 Å². The van der Waals surface area contributed by atoms with Gasteiger partial charge in [-0.3, -0.25) is 0 Å². The molecule has 0 aromatic carbocycles. The smallest absolute Gasteiger partial charge is 0.109 e. The van der Waals surface area contributed by atoms with Crippen LogP contribution >= 0.6 is 0 Å². The summed E-state index contributed by atoms with van der Waals surface area (Å²) >= 11 is 0. The van der Waals surface area contributed by atoms with Gasteiger partial charge in [-0.25, -0.2) is 4.98 Å². The fourth-order valence-electron chi connectivity index (χ4n) is 2.22. The number of hydrogen-bond donors (Lipinski definition) is 2. The first-order valence-corrected chi connectivity index (χ1v) is 6.00. The van der Waals surface area contributed by atoms with E-state index in [1.807, 2.05) is 6.20 Å². The molecule has 3 heteroatoms. The molecular weight excluding hydrogens is 186 g/mol. The van der Waals surface area contributed by atoms with Crippen LogP contribution in [0.4, 0.5) is 0 Å². The van der Waals surface area contributed by atoms with Crippen molar-refractivity contribution in [2.45, 2.75) is 39.0 Å². The largest absolute Gasteiger partial charge is 0.346 e. The fraction of sp³-hybridized carbons (Fsp3) is 0.750. The van der Waals surface area contributed by atoms with Gasteiger partial charge in [0.15, 0.2) is 0 Å². The summed E-state index contributed by atoms with van der Waals surface area (Å²) in [4.78, 5) is 7.98. The highest BCUT2D eigenvalue weighted by molar-refractivity contribution is 5.07. The Morgan fingerprint density at radius 1 is 1.40 bits per heavy atom. The van der Waals surface area contributed by atoms with Gasteiger partial charge in [0.2, 0.25) is 0 Å². The van der Waals surface area contributed by atoms with Crippen molar-refractivity contribution in [3.63, 3.8) is 0 Å². The lowest BCUT2D eigenvalue weighted by molar-refractivity contribution is 0.446. The van der Waals surface area contributed by atoms with Gasteiger partial charge < -0.3 is 10.3 Å². The van der Waals surface area contributed by atoms with Crippen LogP contribution in [0, 0.1) is 5.92 Å². The van der Waals surface area contributed by atoms with Crippen molar-refractivity contribution in [1.29, 1.82) is 0 Å². The Labute approximate surface area is 91.7 Å². The molecule has 3 nitrogen and oxygen atoms in total. The Balaban J connectivity index is 1.99. The molecule has 1 saturated heterocycles. The van der Waals surface area contributed by atoms with Crippen molar-refractivity contribution in [3.8, 4) is 0 Å². The van der Waals surface area contributed by atoms with Crippen LogP contribution < -0.4 is 5.32 Å². The van der Waals surface area contributed by atoms with E-state index in [2.05, 4.69) is 29.1 Å². The van der Waals surface area contributed by atoms with E-state index >= 15 is 0 Å². The van der Waals surface area contributed by atoms with Crippen LogP contribution in [0.2, 0.25) is 0 Å². The molecule has 84 valence electrons. The molecule has 15 heavy (non-hydrogen) atoms. The Kier molecular flexibility index (Phi) is 3.41. The van der Waals surface area contributed by atoms with Gasteiger partial charge in [-0.2, -0.15) is 0 Å². The van der Waals surface area contributed by atoms with Crippen molar-refractivity contribution in [2.24, 2.45) is 5.92 Å². The van der Waals surface area contributed by atoms with E-state index < -0.39 is 0 Å². The van der Waals surface area contributed by atoms with E-state index in [-0.39, 0.29) is 0 Å². The third kappa shape index (κ3) is 2.81. The summed E-state index contributed by atoms with van der Waals surface area (Å²) in [6.07, 6.45) is 5.55. The Hall–Kier alpha value is -0.830. The standard InChI is InChI=1S/C12H21N3/c1-9(2)7-11-8-14-12(15-11)10-3-5-13-6-4-10/h8-10,13H,3-7H2,1-2H3,(H,14,15). The molecule has 2 rings (SSSR count). The molecule has 0 spiro atoms. The van der Waals surface area contributed by atoms with E-state index in [9.17, 15) is 0 Å². The molecule has 0 saturated carbocycles. The molecule has 0 unspecified atom stereocenters. The molecule has 1 aromatic rings. The maximum atomic E-state index is 4.51. The van der Waals surface area contributed by atoms with Crippen LogP contribution in [0.3, 0.4) is 0 Å². The van der Waals surface area contributed by atoms with Crippen molar-refractivity contribution in [1.82, 2.24) is 15.3 Å². The molecule has 0 aliphatic carbocycles. The second-order valence-electron chi connectivity index (χ2n) is 4.92. The zero-order valence-electron chi connectivity index (χ0n) is 9.71. The number of aromatic amines is 1. The van der Waals surface area contributed by atoms with E-state index in [1.54, 1.807) is 0 Å². The molecule has 0 atom stereocenters. The first-order valence-electron chi connectivity index (χ1n) is 6.00. The van der Waals surface area contributed by atoms with Crippen LogP contribution in [0.5, 0.6) is 0 Å². The number of H-pyrrole nitrogens is 1. The summed E-state index contributed by atoms with van der Waals surface area (Å²) in [5.74, 6) is 2.55. The lowest BCUT2D eigenvalue weighted by Crippen LogP contribution is -2.27. The van der Waals surface area contributed by atoms with Crippen LogP contribution in [-0.2, 0) is 6.42 Å². The summed E-state index contributed by atoms with van der Waals surface area (Å²) in [5.41, 5.74) is 1.29. The lowest BCUT2D eigenvalue weighted by Gasteiger charge is -2.20. The molecule has 1 aliphatic heterocycles. The highest BCUT2D eigenvalue weighted by atomic mass is 14.9. The minimum Gasteiger partial charge on any atom is -0.346 e. The summed E-state index contributed by atoms with van der Waals surface area (Å²) in [6.45, 7) is 6.74. The number of piperidine rings is 1. The number of hydrogen-bond acceptors (Lipinski definition) is 2. The second kappa shape index (κ2) is 4.79. The summed E-state index contributed by atoms with van der Waals surface area (Å²) in [6, 6.07) is 0. The van der Waals surface area contributed by atoms with Crippen LogP contribution in [0.1, 0.15) is 44.1 Å². The average Bonchev–Trinajstić information content (AvgIpc) is 2.67. The topological polar surface area (TPSA) is 40.7 Å². The number of imidazole rings is 1. The molecule has 0 bridgehead atoms. The van der Waals surface area contributed by atoms with Crippen LogP contribution in [0.15, 0.2) is 6.20 Å². The Morgan fingerprint density at radius 2 is 2.13 bits per heavy atom. The van der Waals surface area contributed by atoms with E-state index in [0.29, 0.717) is 11.8 Å². The molecule has 1 fully saturated rings. The third-order valence-electron chi connectivity index (χ3n) is 3.00. The fourth-order valence-corrected chi connectivity index (χ4v) is 2.22. The van der Waals surface area contributed by atoms with Gasteiger partial charge in [0.05, 0.1) is 0 Å². The summed E-state index contributed by atoms with van der Waals surface area (Å²) in [7, 11) is 0. The van der Waals surface area contributed by atoms with Gasteiger partial charge >= 0.3 is 0 Å². The molecular formula is C12H21N3. The highest BCUT2D eigenvalue weighted by Crippen LogP contribution is 2.22. The minimum atomic E-state index is 0.646. The quantitative estimate of drug-likeness (QED) is 0.796. The molecule has 1 aromatic heterocycles. The zero-order chi connectivity index (χ0) is 10.7. The second-order valence-corrected chi connectivity index (χ2v) is 4.92. The summed E-state index contributed by atoms with van der Waals surface area (Å²) in [5, 5.41) is 3.38. The first-order chi connectivity index (χ1) is 7.25. The Bertz CT molecular complexity index is 298. The van der Waals surface area contributed by atoms with Crippen LogP contribution in [-0.4, -0.2) is 23.1 Å². The molecule has 2 N–H and O–H groups in total. The van der Waals surface area contributed by atoms with Crippen molar-refractivity contribution in [3.05, 3.63) is 17.7 Å². The van der Waals surface area contributed by atoms with Gasteiger partial charge in [-0.15, -0.1) is 0 Å². The van der Waals surface area contributed by atoms with E-state index in [0.717, 1.165) is 19.5 Å². The molecule has 0 amide bonds. The molecule has 1 aliphatic rings. The lowest BCUT2D eigenvalue weighted by atomic mass is 9.98. The van der Waals surface area contributed by atoms with E-state index in [1.165, 1.54) is 24.4 Å². The predicted molar refractivity (Wildman–Crippen MR) is 62.0 cm³/mol. The average molecular weight is 207 g/mol. The van der Waals surface area contributed by atoms with Gasteiger partial charge in [0, 0.05) is 17.8 Å². The van der Waals surface area contributed by atoms with Gasteiger partial charge in [0.1, 0.15) is 5.82 Å². The third-order valence-corrected chi connectivity index (χ3v) is 3.00. The zero-order valence-corrected chi connectivity index (χ0v) is 9.71. The van der Waals surface area contributed by atoms with Crippen molar-refractivity contribution in [2.75, 3.05) is 13.1 Å². The monoisotopic (exact) mass is 207 g/mol. The molecule has 0 radical (unpaired) electrons.